The van der Waals surface area contributed by atoms with Crippen molar-refractivity contribution in [3.8, 4) is 0 Å². The van der Waals surface area contributed by atoms with Gasteiger partial charge >= 0.3 is 25.7 Å². The van der Waals surface area contributed by atoms with Crippen molar-refractivity contribution in [3.63, 3.8) is 0 Å². The summed E-state index contributed by atoms with van der Waals surface area (Å²) in [6, 6.07) is 0. The van der Waals surface area contributed by atoms with Crippen molar-refractivity contribution in [2.75, 3.05) is 26.4 Å². The first kappa shape index (κ1) is 80.7. The molecule has 0 bridgehead atoms. The van der Waals surface area contributed by atoms with Crippen LogP contribution in [0.25, 0.3) is 0 Å². The van der Waals surface area contributed by atoms with Gasteiger partial charge in [0.2, 0.25) is 0 Å². The highest BCUT2D eigenvalue weighted by atomic mass is 31.2. The molecule has 0 saturated heterocycles. The van der Waals surface area contributed by atoms with E-state index in [1.54, 1.807) is 0 Å². The van der Waals surface area contributed by atoms with Gasteiger partial charge in [-0.2, -0.15) is 0 Å². The third-order valence-corrected chi connectivity index (χ3v) is 15.8. The van der Waals surface area contributed by atoms with Gasteiger partial charge in [0.15, 0.2) is 6.10 Å². The molecule has 3 atom stereocenters. The van der Waals surface area contributed by atoms with Crippen LogP contribution >= 0.6 is 7.82 Å². The first-order valence-corrected chi connectivity index (χ1v) is 36.0. The van der Waals surface area contributed by atoms with E-state index in [0.29, 0.717) is 19.3 Å². The van der Waals surface area contributed by atoms with Gasteiger partial charge in [0, 0.05) is 19.3 Å². The summed E-state index contributed by atoms with van der Waals surface area (Å²) in [6.45, 7) is 4.53. The third-order valence-electron chi connectivity index (χ3n) is 14.8. The number of ether oxygens (including phenoxy) is 3. The summed E-state index contributed by atoms with van der Waals surface area (Å²) in [4.78, 5) is 48.9. The molecule has 0 aliphatic heterocycles. The summed E-state index contributed by atoms with van der Waals surface area (Å²) in [5.74, 6) is -1.49. The van der Waals surface area contributed by atoms with Gasteiger partial charge in [-0.15, -0.1) is 0 Å². The Labute approximate surface area is 515 Å². The number of hydrogen-bond acceptors (Lipinski definition) is 10. The molecule has 0 aromatic carbocycles. The molecule has 0 amide bonds. The number of carbonyl (C=O) groups is 3. The van der Waals surface area contributed by atoms with Crippen LogP contribution in [0.15, 0.2) is 85.1 Å². The standard InChI is InChI=1S/C72H127O11P/c1-4-7-10-13-16-19-22-25-28-31-34-37-40-43-46-49-52-55-58-61-70(74)79-65-69(83-72(76)63-60-57-54-51-48-45-42-39-36-33-30-27-24-21-18-15-12-9-6-3)67-81-84(77,78)80-66-68(64-73)82-71(75)62-59-56-53-50-47-44-41-38-35-32-29-26-23-20-17-14-11-8-5-2/h7,10,16,18-19,21,25,27-28,30,34,37,43,46,68-69,73H,4-6,8-9,11-15,17,20,22-24,26,29,31-33,35-36,38-42,44-45,47-67H2,1-3H3,(H,77,78)/b10-7-,19-16-,21-18-,28-25-,30-27-,37-34-,46-43-. The number of esters is 3. The second kappa shape index (κ2) is 65.6. The SMILES string of the molecule is CC/C=C\C/C=C\C/C=C\C/C=C\C/C=C\CCCCCC(=O)OCC(COP(=O)(O)OCC(CO)OC(=O)CCCCCCCCCCCCCCCCCCCCC)OC(=O)CCCCCCCCCCC/C=C\C/C=C\CCCCC. The van der Waals surface area contributed by atoms with Crippen LogP contribution in [-0.2, 0) is 42.2 Å². The van der Waals surface area contributed by atoms with Crippen molar-refractivity contribution >= 4 is 25.7 Å². The van der Waals surface area contributed by atoms with Crippen molar-refractivity contribution < 1.29 is 52.2 Å². The number of phosphoric acid groups is 1. The van der Waals surface area contributed by atoms with E-state index in [4.69, 9.17) is 23.3 Å². The Kier molecular flexibility index (Phi) is 63.0. The number of rotatable bonds is 64. The second-order valence-corrected chi connectivity index (χ2v) is 24.4. The maximum atomic E-state index is 13.0. The summed E-state index contributed by atoms with van der Waals surface area (Å²) in [6.07, 6.45) is 78.2. The summed E-state index contributed by atoms with van der Waals surface area (Å²) < 4.78 is 39.8. The Morgan fingerprint density at radius 1 is 0.345 bits per heavy atom. The van der Waals surface area contributed by atoms with Crippen LogP contribution < -0.4 is 0 Å². The van der Waals surface area contributed by atoms with E-state index in [1.165, 1.54) is 154 Å². The van der Waals surface area contributed by atoms with Gasteiger partial charge in [-0.05, 0) is 96.3 Å². The quantitative estimate of drug-likeness (QED) is 0.0197. The van der Waals surface area contributed by atoms with E-state index in [1.807, 2.05) is 0 Å². The number of carbonyl (C=O) groups excluding carboxylic acids is 3. The fourth-order valence-electron chi connectivity index (χ4n) is 9.59. The van der Waals surface area contributed by atoms with E-state index in [0.717, 1.165) is 103 Å². The molecule has 0 fully saturated rings. The van der Waals surface area contributed by atoms with Gasteiger partial charge in [0.25, 0.3) is 0 Å². The fourth-order valence-corrected chi connectivity index (χ4v) is 10.4. The van der Waals surface area contributed by atoms with Gasteiger partial charge in [0.1, 0.15) is 12.7 Å². The van der Waals surface area contributed by atoms with E-state index in [-0.39, 0.29) is 25.9 Å². The Morgan fingerprint density at radius 3 is 0.988 bits per heavy atom. The maximum Gasteiger partial charge on any atom is 0.472 e. The Bertz CT molecular complexity index is 1730. The molecule has 0 aromatic rings. The van der Waals surface area contributed by atoms with Gasteiger partial charge in [-0.1, -0.05) is 286 Å². The van der Waals surface area contributed by atoms with Crippen molar-refractivity contribution in [1.82, 2.24) is 0 Å². The van der Waals surface area contributed by atoms with Crippen LogP contribution in [0.4, 0.5) is 0 Å². The first-order chi connectivity index (χ1) is 41.2. The van der Waals surface area contributed by atoms with E-state index >= 15 is 0 Å². The zero-order chi connectivity index (χ0) is 61.2. The van der Waals surface area contributed by atoms with Gasteiger partial charge in [0.05, 0.1) is 19.8 Å². The predicted octanol–water partition coefficient (Wildman–Crippen LogP) is 21.4. The molecule has 12 heteroatoms. The normalized spacial score (nSPS) is 13.7. The number of aliphatic hydroxyl groups is 1. The zero-order valence-electron chi connectivity index (χ0n) is 54.1. The molecule has 0 saturated carbocycles. The van der Waals surface area contributed by atoms with Crippen LogP contribution in [0.1, 0.15) is 316 Å². The van der Waals surface area contributed by atoms with E-state index in [9.17, 15) is 28.9 Å². The van der Waals surface area contributed by atoms with Crippen LogP contribution in [0.2, 0.25) is 0 Å². The van der Waals surface area contributed by atoms with Crippen LogP contribution in [0.5, 0.6) is 0 Å². The zero-order valence-corrected chi connectivity index (χ0v) is 55.0. The largest absolute Gasteiger partial charge is 0.472 e. The molecular formula is C72H127O11P. The average molecular weight is 1200 g/mol. The molecule has 486 valence electrons. The Morgan fingerprint density at radius 2 is 0.619 bits per heavy atom. The average Bonchev–Trinajstić information content (AvgIpc) is 3.55. The van der Waals surface area contributed by atoms with E-state index < -0.39 is 57.8 Å². The molecule has 0 radical (unpaired) electrons. The predicted molar refractivity (Wildman–Crippen MR) is 353 cm³/mol. The molecule has 0 heterocycles. The van der Waals surface area contributed by atoms with Gasteiger partial charge < -0.3 is 24.2 Å². The minimum absolute atomic E-state index is 0.154. The minimum Gasteiger partial charge on any atom is -0.462 e. The molecule has 0 aliphatic rings. The highest BCUT2D eigenvalue weighted by Crippen LogP contribution is 2.43. The second-order valence-electron chi connectivity index (χ2n) is 23.0. The van der Waals surface area contributed by atoms with Crippen LogP contribution in [0.3, 0.4) is 0 Å². The number of aliphatic hydroxyl groups excluding tert-OH is 1. The lowest BCUT2D eigenvalue weighted by Gasteiger charge is -2.21. The van der Waals surface area contributed by atoms with Crippen molar-refractivity contribution in [2.45, 2.75) is 328 Å². The molecule has 0 aliphatic carbocycles. The molecule has 11 nitrogen and oxygen atoms in total. The summed E-state index contributed by atoms with van der Waals surface area (Å²) in [5, 5.41) is 9.88. The Hall–Kier alpha value is -3.34. The van der Waals surface area contributed by atoms with Crippen LogP contribution in [-0.4, -0.2) is 66.5 Å². The molecule has 0 aromatic heterocycles. The smallest absolute Gasteiger partial charge is 0.462 e. The summed E-state index contributed by atoms with van der Waals surface area (Å²) >= 11 is 0. The molecule has 3 unspecified atom stereocenters. The summed E-state index contributed by atoms with van der Waals surface area (Å²) in [7, 11) is -4.77. The molecule has 84 heavy (non-hydrogen) atoms. The number of unbranched alkanes of at least 4 members (excludes halogenated alkanes) is 33. The van der Waals surface area contributed by atoms with Gasteiger partial charge in [-0.25, -0.2) is 4.57 Å². The number of allylic oxidation sites excluding steroid dienone is 14. The lowest BCUT2D eigenvalue weighted by molar-refractivity contribution is -0.161. The molecule has 0 rings (SSSR count). The monoisotopic (exact) mass is 1200 g/mol. The van der Waals surface area contributed by atoms with Crippen molar-refractivity contribution in [2.24, 2.45) is 0 Å². The topological polar surface area (TPSA) is 155 Å². The highest BCUT2D eigenvalue weighted by molar-refractivity contribution is 7.47. The number of phosphoric ester groups is 1. The van der Waals surface area contributed by atoms with E-state index in [2.05, 4.69) is 106 Å². The molecule has 0 spiro atoms. The third kappa shape index (κ3) is 63.2. The van der Waals surface area contributed by atoms with Crippen molar-refractivity contribution in [1.29, 1.82) is 0 Å². The maximum absolute atomic E-state index is 13.0. The van der Waals surface area contributed by atoms with Crippen molar-refractivity contribution in [3.05, 3.63) is 85.1 Å². The highest BCUT2D eigenvalue weighted by Gasteiger charge is 2.28. The summed E-state index contributed by atoms with van der Waals surface area (Å²) in [5.41, 5.74) is 0. The number of hydrogen-bond donors (Lipinski definition) is 2. The minimum atomic E-state index is -4.77. The first-order valence-electron chi connectivity index (χ1n) is 34.5. The lowest BCUT2D eigenvalue weighted by Crippen LogP contribution is -2.30. The molecule has 2 N–H and O–H groups in total. The lowest BCUT2D eigenvalue weighted by atomic mass is 10.0. The Balaban J connectivity index is 4.71. The van der Waals surface area contributed by atoms with Gasteiger partial charge in [-0.3, -0.25) is 23.4 Å². The van der Waals surface area contributed by atoms with Crippen LogP contribution in [0, 0.1) is 0 Å². The fraction of sp³-hybridized carbons (Fsp3) is 0.764. The molecular weight excluding hydrogens is 1070 g/mol.